The number of nitrogens with one attached hydrogen (secondary N) is 2. The summed E-state index contributed by atoms with van der Waals surface area (Å²) < 4.78 is 4.69. The monoisotopic (exact) mass is 281 g/mol. The lowest BCUT2D eigenvalue weighted by molar-refractivity contribution is -0.148. The molecule has 1 rings (SSSR count). The van der Waals surface area contributed by atoms with E-state index in [1.165, 1.54) is 31.4 Å². The van der Waals surface area contributed by atoms with E-state index in [-0.39, 0.29) is 6.54 Å². The maximum atomic E-state index is 11.7. The van der Waals surface area contributed by atoms with Gasteiger partial charge in [0.15, 0.2) is 6.10 Å². The average molecular weight is 281 g/mol. The van der Waals surface area contributed by atoms with E-state index in [9.17, 15) is 14.4 Å². The molecule has 0 spiro atoms. The average Bonchev–Trinajstić information content (AvgIpc) is 2.39. The summed E-state index contributed by atoms with van der Waals surface area (Å²) in [6.07, 6.45) is -1.10. The number of hydrogen-bond acceptors (Lipinski definition) is 4. The third-order valence-corrected chi connectivity index (χ3v) is 2.42. The van der Waals surface area contributed by atoms with Gasteiger partial charge in [-0.05, 0) is 24.3 Å². The van der Waals surface area contributed by atoms with Gasteiger partial charge in [0, 0.05) is 18.4 Å². The molecule has 0 heterocycles. The standard InChI is InChI=1S/C12H15N3O5/c1-20-9(11(17)18)6-14-10(16)7-2-4-8(5-3-7)15-12(13)19/h2-5,9H,6H2,1H3,(H,14,16)(H,17,18)(H3,13,15,19). The Morgan fingerprint density at radius 3 is 2.35 bits per heavy atom. The molecular weight excluding hydrogens is 266 g/mol. The third-order valence-electron chi connectivity index (χ3n) is 2.42. The molecule has 0 aliphatic carbocycles. The minimum atomic E-state index is -1.16. The first-order chi connectivity index (χ1) is 9.43. The van der Waals surface area contributed by atoms with Crippen LogP contribution in [0.25, 0.3) is 0 Å². The zero-order valence-electron chi connectivity index (χ0n) is 10.8. The number of rotatable bonds is 6. The van der Waals surface area contributed by atoms with Crippen molar-refractivity contribution >= 4 is 23.6 Å². The highest BCUT2D eigenvalue weighted by molar-refractivity contribution is 5.95. The number of aliphatic carboxylic acids is 1. The number of carbonyl (C=O) groups excluding carboxylic acids is 2. The van der Waals surface area contributed by atoms with Gasteiger partial charge < -0.3 is 26.2 Å². The lowest BCUT2D eigenvalue weighted by atomic mass is 10.2. The van der Waals surface area contributed by atoms with E-state index in [1.807, 2.05) is 0 Å². The Kier molecular flexibility index (Phi) is 5.48. The first-order valence-electron chi connectivity index (χ1n) is 5.64. The molecule has 0 radical (unpaired) electrons. The second kappa shape index (κ2) is 7.10. The van der Waals surface area contributed by atoms with Crippen molar-refractivity contribution in [2.24, 2.45) is 5.73 Å². The molecule has 0 fully saturated rings. The van der Waals surface area contributed by atoms with Crippen LogP contribution < -0.4 is 16.4 Å². The van der Waals surface area contributed by atoms with Gasteiger partial charge in [0.2, 0.25) is 0 Å². The smallest absolute Gasteiger partial charge is 0.334 e. The van der Waals surface area contributed by atoms with E-state index in [4.69, 9.17) is 10.8 Å². The topological polar surface area (TPSA) is 131 Å². The number of anilines is 1. The lowest BCUT2D eigenvalue weighted by Gasteiger charge is -2.11. The summed E-state index contributed by atoms with van der Waals surface area (Å²) in [6, 6.07) is 5.26. The van der Waals surface area contributed by atoms with Gasteiger partial charge in [0.1, 0.15) is 0 Å². The van der Waals surface area contributed by atoms with Crippen molar-refractivity contribution in [2.75, 3.05) is 19.0 Å². The SMILES string of the molecule is COC(CNC(=O)c1ccc(NC(N)=O)cc1)C(=O)O. The minimum Gasteiger partial charge on any atom is -0.479 e. The second-order valence-electron chi connectivity index (χ2n) is 3.84. The van der Waals surface area contributed by atoms with Gasteiger partial charge in [-0.15, -0.1) is 0 Å². The van der Waals surface area contributed by atoms with Gasteiger partial charge in [-0.1, -0.05) is 0 Å². The molecule has 0 bridgehead atoms. The van der Waals surface area contributed by atoms with Crippen molar-refractivity contribution in [1.82, 2.24) is 5.32 Å². The molecule has 1 unspecified atom stereocenters. The van der Waals surface area contributed by atoms with Gasteiger partial charge in [-0.25, -0.2) is 9.59 Å². The number of primary amides is 1. The van der Waals surface area contributed by atoms with Gasteiger partial charge in [-0.3, -0.25) is 4.79 Å². The fourth-order valence-corrected chi connectivity index (χ4v) is 1.41. The summed E-state index contributed by atoms with van der Waals surface area (Å²) in [6.45, 7) is -0.147. The lowest BCUT2D eigenvalue weighted by Crippen LogP contribution is -2.37. The molecule has 0 aliphatic heterocycles. The van der Waals surface area contributed by atoms with Crippen LogP contribution in [0, 0.1) is 0 Å². The van der Waals surface area contributed by atoms with E-state index in [1.54, 1.807) is 0 Å². The van der Waals surface area contributed by atoms with Gasteiger partial charge in [-0.2, -0.15) is 0 Å². The summed E-state index contributed by atoms with van der Waals surface area (Å²) in [7, 11) is 1.25. The van der Waals surface area contributed by atoms with Crippen molar-refractivity contribution in [3.63, 3.8) is 0 Å². The Bertz CT molecular complexity index is 500. The van der Waals surface area contributed by atoms with Crippen molar-refractivity contribution in [3.05, 3.63) is 29.8 Å². The van der Waals surface area contributed by atoms with E-state index in [0.29, 0.717) is 11.3 Å². The first kappa shape index (κ1) is 15.4. The predicted molar refractivity (Wildman–Crippen MR) is 70.4 cm³/mol. The molecule has 8 heteroatoms. The van der Waals surface area contributed by atoms with Gasteiger partial charge >= 0.3 is 12.0 Å². The first-order valence-corrected chi connectivity index (χ1v) is 5.64. The molecule has 0 saturated carbocycles. The minimum absolute atomic E-state index is 0.147. The zero-order valence-corrected chi connectivity index (χ0v) is 10.8. The molecule has 1 aromatic carbocycles. The normalized spacial score (nSPS) is 11.4. The Morgan fingerprint density at radius 2 is 1.90 bits per heavy atom. The van der Waals surface area contributed by atoms with Crippen LogP contribution in [0.2, 0.25) is 0 Å². The number of ether oxygens (including phenoxy) is 1. The molecule has 0 aromatic heterocycles. The number of carboxylic acids is 1. The highest BCUT2D eigenvalue weighted by atomic mass is 16.5. The molecular formula is C12H15N3O5. The number of benzene rings is 1. The van der Waals surface area contributed by atoms with Crippen LogP contribution in [-0.2, 0) is 9.53 Å². The van der Waals surface area contributed by atoms with Crippen LogP contribution in [0.5, 0.6) is 0 Å². The number of urea groups is 1. The molecule has 0 aliphatic rings. The summed E-state index contributed by atoms with van der Waals surface area (Å²) in [5, 5.41) is 13.5. The quantitative estimate of drug-likeness (QED) is 0.583. The molecule has 0 saturated heterocycles. The number of carboxylic acid groups (broad SMARTS) is 1. The second-order valence-corrected chi connectivity index (χ2v) is 3.84. The van der Waals surface area contributed by atoms with Crippen LogP contribution in [0.4, 0.5) is 10.5 Å². The Labute approximate surface area is 114 Å². The summed E-state index contributed by atoms with van der Waals surface area (Å²) >= 11 is 0. The summed E-state index contributed by atoms with van der Waals surface area (Å²) in [5.74, 6) is -1.60. The van der Waals surface area contributed by atoms with Crippen LogP contribution in [0.1, 0.15) is 10.4 Å². The van der Waals surface area contributed by atoms with Crippen molar-refractivity contribution < 1.29 is 24.2 Å². The van der Waals surface area contributed by atoms with Crippen molar-refractivity contribution in [1.29, 1.82) is 0 Å². The van der Waals surface area contributed by atoms with Crippen LogP contribution in [-0.4, -0.2) is 42.8 Å². The van der Waals surface area contributed by atoms with Gasteiger partial charge in [0.05, 0.1) is 6.54 Å². The van der Waals surface area contributed by atoms with E-state index in [0.717, 1.165) is 0 Å². The molecule has 20 heavy (non-hydrogen) atoms. The number of hydrogen-bond donors (Lipinski definition) is 4. The predicted octanol–water partition coefficient (Wildman–Crippen LogP) is 0.00660. The number of nitrogens with two attached hydrogens (primary N) is 1. The van der Waals surface area contributed by atoms with Crippen molar-refractivity contribution in [2.45, 2.75) is 6.10 Å². The van der Waals surface area contributed by atoms with Crippen LogP contribution in [0.15, 0.2) is 24.3 Å². The molecule has 108 valence electrons. The van der Waals surface area contributed by atoms with Crippen LogP contribution >= 0.6 is 0 Å². The Balaban J connectivity index is 2.59. The van der Waals surface area contributed by atoms with E-state index in [2.05, 4.69) is 15.4 Å². The molecule has 1 aromatic rings. The maximum Gasteiger partial charge on any atom is 0.334 e. The maximum absolute atomic E-state index is 11.7. The summed E-state index contributed by atoms with van der Waals surface area (Å²) in [4.78, 5) is 33.1. The zero-order chi connectivity index (χ0) is 15.1. The van der Waals surface area contributed by atoms with Crippen LogP contribution in [0.3, 0.4) is 0 Å². The highest BCUT2D eigenvalue weighted by Crippen LogP contribution is 2.09. The Hall–Kier alpha value is -2.61. The molecule has 8 nitrogen and oxygen atoms in total. The molecule has 5 N–H and O–H groups in total. The largest absolute Gasteiger partial charge is 0.479 e. The van der Waals surface area contributed by atoms with E-state index < -0.39 is 24.0 Å². The number of amides is 3. The fraction of sp³-hybridized carbons (Fsp3) is 0.250. The summed E-state index contributed by atoms with van der Waals surface area (Å²) in [5.41, 5.74) is 5.72. The van der Waals surface area contributed by atoms with Crippen molar-refractivity contribution in [3.8, 4) is 0 Å². The number of methoxy groups -OCH3 is 1. The highest BCUT2D eigenvalue weighted by Gasteiger charge is 2.17. The molecule has 1 atom stereocenters. The van der Waals surface area contributed by atoms with Gasteiger partial charge in [0.25, 0.3) is 5.91 Å². The Morgan fingerprint density at radius 1 is 1.30 bits per heavy atom. The number of carbonyl (C=O) groups is 3. The fourth-order valence-electron chi connectivity index (χ4n) is 1.41. The third kappa shape index (κ3) is 4.58. The molecule has 3 amide bonds. The van der Waals surface area contributed by atoms with E-state index >= 15 is 0 Å².